The van der Waals surface area contributed by atoms with Crippen LogP contribution in [-0.4, -0.2) is 12.2 Å². The minimum atomic E-state index is 0.519. The van der Waals surface area contributed by atoms with Crippen molar-refractivity contribution in [3.63, 3.8) is 0 Å². The molecule has 96 valence electrons. The predicted molar refractivity (Wildman–Crippen MR) is 74.9 cm³/mol. The third-order valence-electron chi connectivity index (χ3n) is 3.16. The van der Waals surface area contributed by atoms with Gasteiger partial charge in [0, 0.05) is 12.7 Å². The van der Waals surface area contributed by atoms with E-state index in [1.807, 2.05) is 7.05 Å². The molecule has 0 aliphatic rings. The normalized spacial score (nSPS) is 10.5. The number of aromatic hydroxyl groups is 1. The van der Waals surface area contributed by atoms with Crippen molar-refractivity contribution >= 4 is 5.69 Å². The van der Waals surface area contributed by atoms with E-state index in [0.29, 0.717) is 5.75 Å². The standard InChI is InChI=1S/C15H25NO/c1-4-6-8-12-10-14(16-3)11-13(15(12)17)9-7-5-2/h10-11,16-17H,4-9H2,1-3H3. The predicted octanol–water partition coefficient (Wildman–Crippen LogP) is 4.12. The number of hydrogen-bond donors (Lipinski definition) is 2. The lowest BCUT2D eigenvalue weighted by molar-refractivity contribution is 0.459. The monoisotopic (exact) mass is 235 g/mol. The fourth-order valence-corrected chi connectivity index (χ4v) is 2.02. The Bertz CT molecular complexity index is 318. The molecule has 0 amide bonds. The van der Waals surface area contributed by atoms with Crippen molar-refractivity contribution in [2.75, 3.05) is 12.4 Å². The van der Waals surface area contributed by atoms with Crippen LogP contribution in [0.2, 0.25) is 0 Å². The van der Waals surface area contributed by atoms with Crippen LogP contribution in [0.15, 0.2) is 12.1 Å². The molecule has 1 aromatic carbocycles. The molecule has 0 aliphatic heterocycles. The van der Waals surface area contributed by atoms with E-state index in [2.05, 4.69) is 31.3 Å². The van der Waals surface area contributed by atoms with E-state index < -0.39 is 0 Å². The van der Waals surface area contributed by atoms with Gasteiger partial charge in [-0.15, -0.1) is 0 Å². The summed E-state index contributed by atoms with van der Waals surface area (Å²) in [5.74, 6) is 0.519. The second kappa shape index (κ2) is 7.21. The van der Waals surface area contributed by atoms with Crippen LogP contribution in [0.25, 0.3) is 0 Å². The third kappa shape index (κ3) is 3.95. The quantitative estimate of drug-likeness (QED) is 0.697. The third-order valence-corrected chi connectivity index (χ3v) is 3.16. The van der Waals surface area contributed by atoms with Crippen molar-refractivity contribution in [3.05, 3.63) is 23.3 Å². The zero-order chi connectivity index (χ0) is 12.7. The molecule has 0 atom stereocenters. The summed E-state index contributed by atoms with van der Waals surface area (Å²) in [6.07, 6.45) is 6.52. The topological polar surface area (TPSA) is 32.3 Å². The zero-order valence-corrected chi connectivity index (χ0v) is 11.3. The lowest BCUT2D eigenvalue weighted by atomic mass is 9.99. The summed E-state index contributed by atoms with van der Waals surface area (Å²) in [7, 11) is 1.93. The summed E-state index contributed by atoms with van der Waals surface area (Å²) in [5.41, 5.74) is 3.29. The first-order valence-corrected chi connectivity index (χ1v) is 6.75. The summed E-state index contributed by atoms with van der Waals surface area (Å²) in [6, 6.07) is 4.14. The SMILES string of the molecule is CCCCc1cc(NC)cc(CCCC)c1O. The Balaban J connectivity index is 2.94. The van der Waals surface area contributed by atoms with Crippen molar-refractivity contribution < 1.29 is 5.11 Å². The van der Waals surface area contributed by atoms with Crippen LogP contribution >= 0.6 is 0 Å². The van der Waals surface area contributed by atoms with Crippen LogP contribution in [0.1, 0.15) is 50.7 Å². The van der Waals surface area contributed by atoms with Gasteiger partial charge in [0.2, 0.25) is 0 Å². The molecular formula is C15H25NO. The maximum Gasteiger partial charge on any atom is 0.122 e. The Hall–Kier alpha value is -1.18. The Kier molecular flexibility index (Phi) is 5.88. The molecule has 0 aliphatic carbocycles. The second-order valence-corrected chi connectivity index (χ2v) is 4.60. The number of phenols is 1. The lowest BCUT2D eigenvalue weighted by Crippen LogP contribution is -1.97. The van der Waals surface area contributed by atoms with Gasteiger partial charge in [0.15, 0.2) is 0 Å². The fourth-order valence-electron chi connectivity index (χ4n) is 2.02. The van der Waals surface area contributed by atoms with Gasteiger partial charge in [-0.1, -0.05) is 26.7 Å². The van der Waals surface area contributed by atoms with Gasteiger partial charge in [0.1, 0.15) is 5.75 Å². The molecule has 0 aromatic heterocycles. The van der Waals surface area contributed by atoms with Crippen LogP contribution in [0, 0.1) is 0 Å². The number of rotatable bonds is 7. The van der Waals surface area contributed by atoms with Crippen molar-refractivity contribution in [1.29, 1.82) is 0 Å². The summed E-state index contributed by atoms with van der Waals surface area (Å²) in [6.45, 7) is 4.36. The molecule has 17 heavy (non-hydrogen) atoms. The number of anilines is 1. The Morgan fingerprint density at radius 1 is 1.00 bits per heavy atom. The Labute approximate surface area is 105 Å². The fraction of sp³-hybridized carbons (Fsp3) is 0.600. The van der Waals surface area contributed by atoms with Gasteiger partial charge in [0.25, 0.3) is 0 Å². The molecule has 0 bridgehead atoms. The summed E-state index contributed by atoms with van der Waals surface area (Å²) < 4.78 is 0. The average Bonchev–Trinajstić information content (AvgIpc) is 2.36. The molecule has 2 nitrogen and oxygen atoms in total. The van der Waals surface area contributed by atoms with Crippen molar-refractivity contribution in [3.8, 4) is 5.75 Å². The van der Waals surface area contributed by atoms with E-state index in [-0.39, 0.29) is 0 Å². The largest absolute Gasteiger partial charge is 0.507 e. The molecule has 0 radical (unpaired) electrons. The molecule has 0 fully saturated rings. The Morgan fingerprint density at radius 3 is 1.82 bits per heavy atom. The summed E-state index contributed by atoms with van der Waals surface area (Å²) >= 11 is 0. The van der Waals surface area contributed by atoms with Crippen molar-refractivity contribution in [2.24, 2.45) is 0 Å². The van der Waals surface area contributed by atoms with E-state index >= 15 is 0 Å². The minimum absolute atomic E-state index is 0.519. The molecule has 0 spiro atoms. The van der Waals surface area contributed by atoms with E-state index in [9.17, 15) is 5.11 Å². The van der Waals surface area contributed by atoms with Crippen molar-refractivity contribution in [1.82, 2.24) is 0 Å². The molecule has 2 heteroatoms. The maximum absolute atomic E-state index is 10.2. The first-order valence-electron chi connectivity index (χ1n) is 6.75. The number of benzene rings is 1. The number of aryl methyl sites for hydroxylation is 2. The van der Waals surface area contributed by atoms with E-state index in [1.165, 1.54) is 0 Å². The summed E-state index contributed by atoms with van der Waals surface area (Å²) in [4.78, 5) is 0. The highest BCUT2D eigenvalue weighted by atomic mass is 16.3. The molecule has 0 heterocycles. The van der Waals surface area contributed by atoms with Crippen LogP contribution in [-0.2, 0) is 12.8 Å². The lowest BCUT2D eigenvalue weighted by Gasteiger charge is -2.12. The number of phenolic OH excluding ortho intramolecular Hbond substituents is 1. The average molecular weight is 235 g/mol. The van der Waals surface area contributed by atoms with Crippen molar-refractivity contribution in [2.45, 2.75) is 52.4 Å². The van der Waals surface area contributed by atoms with Gasteiger partial charge in [-0.25, -0.2) is 0 Å². The first-order chi connectivity index (χ1) is 8.22. The molecule has 1 aromatic rings. The van der Waals surface area contributed by atoms with Crippen LogP contribution in [0.5, 0.6) is 5.75 Å². The molecule has 0 saturated heterocycles. The van der Waals surface area contributed by atoms with Gasteiger partial charge in [0.05, 0.1) is 0 Å². The van der Waals surface area contributed by atoms with E-state index in [4.69, 9.17) is 0 Å². The molecule has 0 unspecified atom stereocenters. The minimum Gasteiger partial charge on any atom is -0.507 e. The number of unbranched alkanes of at least 4 members (excludes halogenated alkanes) is 2. The molecular weight excluding hydrogens is 210 g/mol. The van der Waals surface area contributed by atoms with Gasteiger partial charge in [-0.2, -0.15) is 0 Å². The highest BCUT2D eigenvalue weighted by Gasteiger charge is 2.09. The molecule has 1 rings (SSSR count). The smallest absolute Gasteiger partial charge is 0.122 e. The summed E-state index contributed by atoms with van der Waals surface area (Å²) in [5, 5.41) is 13.4. The number of nitrogens with one attached hydrogen (secondary N) is 1. The van der Waals surface area contributed by atoms with Gasteiger partial charge in [-0.3, -0.25) is 0 Å². The first kappa shape index (κ1) is 13.9. The van der Waals surface area contributed by atoms with E-state index in [0.717, 1.165) is 55.3 Å². The highest BCUT2D eigenvalue weighted by Crippen LogP contribution is 2.29. The highest BCUT2D eigenvalue weighted by molar-refractivity contribution is 5.55. The van der Waals surface area contributed by atoms with Gasteiger partial charge in [-0.05, 0) is 48.9 Å². The zero-order valence-electron chi connectivity index (χ0n) is 11.3. The molecule has 0 saturated carbocycles. The maximum atomic E-state index is 10.2. The second-order valence-electron chi connectivity index (χ2n) is 4.60. The molecule has 2 N–H and O–H groups in total. The van der Waals surface area contributed by atoms with Gasteiger partial charge >= 0.3 is 0 Å². The number of hydrogen-bond acceptors (Lipinski definition) is 2. The van der Waals surface area contributed by atoms with Crippen LogP contribution < -0.4 is 5.32 Å². The Morgan fingerprint density at radius 2 is 1.47 bits per heavy atom. The van der Waals surface area contributed by atoms with Crippen LogP contribution in [0.4, 0.5) is 5.69 Å². The van der Waals surface area contributed by atoms with Crippen LogP contribution in [0.3, 0.4) is 0 Å². The van der Waals surface area contributed by atoms with E-state index in [1.54, 1.807) is 0 Å². The van der Waals surface area contributed by atoms with Gasteiger partial charge < -0.3 is 10.4 Å².